The molecule has 0 aromatic rings. The third-order valence-electron chi connectivity index (χ3n) is 1.80. The van der Waals surface area contributed by atoms with Crippen LogP contribution < -0.4 is 0 Å². The minimum atomic E-state index is 0.879. The standard InChI is InChI=1S/C9H21NO/c1-4-6-8-11-9-7-10(3)5-2/h4-9H2,1-3H3. The minimum absolute atomic E-state index is 0.879. The van der Waals surface area contributed by atoms with E-state index < -0.39 is 0 Å². The molecule has 0 radical (unpaired) electrons. The molecule has 0 aromatic carbocycles. The Hall–Kier alpha value is -0.0800. The third-order valence-corrected chi connectivity index (χ3v) is 1.80. The lowest BCUT2D eigenvalue weighted by Gasteiger charge is -2.13. The van der Waals surface area contributed by atoms with E-state index in [9.17, 15) is 0 Å². The van der Waals surface area contributed by atoms with E-state index in [4.69, 9.17) is 4.74 Å². The second-order valence-electron chi connectivity index (χ2n) is 2.86. The van der Waals surface area contributed by atoms with Gasteiger partial charge in [0.1, 0.15) is 0 Å². The highest BCUT2D eigenvalue weighted by Gasteiger charge is 1.92. The SMILES string of the molecule is CCCCOCCN(C)CC. The maximum Gasteiger partial charge on any atom is 0.0593 e. The van der Waals surface area contributed by atoms with E-state index in [0.29, 0.717) is 0 Å². The summed E-state index contributed by atoms with van der Waals surface area (Å²) in [5.74, 6) is 0. The van der Waals surface area contributed by atoms with Crippen LogP contribution in [0.4, 0.5) is 0 Å². The molecule has 0 N–H and O–H groups in total. The quantitative estimate of drug-likeness (QED) is 0.525. The Bertz CT molecular complexity index is 76.0. The maximum absolute atomic E-state index is 5.40. The highest BCUT2D eigenvalue weighted by atomic mass is 16.5. The number of nitrogens with zero attached hydrogens (tertiary/aromatic N) is 1. The van der Waals surface area contributed by atoms with E-state index in [2.05, 4.69) is 25.8 Å². The lowest BCUT2D eigenvalue weighted by Crippen LogP contribution is -2.22. The van der Waals surface area contributed by atoms with Crippen molar-refractivity contribution < 1.29 is 4.74 Å². The molecule has 11 heavy (non-hydrogen) atoms. The molecule has 0 saturated heterocycles. The van der Waals surface area contributed by atoms with Crippen molar-refractivity contribution >= 4 is 0 Å². The van der Waals surface area contributed by atoms with Crippen LogP contribution in [0.15, 0.2) is 0 Å². The first-order valence-corrected chi connectivity index (χ1v) is 4.57. The van der Waals surface area contributed by atoms with Crippen molar-refractivity contribution in [1.29, 1.82) is 0 Å². The van der Waals surface area contributed by atoms with Crippen LogP contribution in [0, 0.1) is 0 Å². The molecule has 0 aliphatic rings. The van der Waals surface area contributed by atoms with E-state index >= 15 is 0 Å². The van der Waals surface area contributed by atoms with Crippen molar-refractivity contribution in [2.75, 3.05) is 33.4 Å². The summed E-state index contributed by atoms with van der Waals surface area (Å²) < 4.78 is 5.40. The fourth-order valence-corrected chi connectivity index (χ4v) is 0.727. The van der Waals surface area contributed by atoms with Crippen LogP contribution in [0.2, 0.25) is 0 Å². The Labute approximate surface area is 70.5 Å². The predicted molar refractivity (Wildman–Crippen MR) is 48.9 cm³/mol. The maximum atomic E-state index is 5.40. The number of ether oxygens (including phenoxy) is 1. The topological polar surface area (TPSA) is 12.5 Å². The van der Waals surface area contributed by atoms with E-state index in [0.717, 1.165) is 26.3 Å². The summed E-state index contributed by atoms with van der Waals surface area (Å²) in [4.78, 5) is 2.26. The summed E-state index contributed by atoms with van der Waals surface area (Å²) >= 11 is 0. The van der Waals surface area contributed by atoms with Crippen molar-refractivity contribution in [3.05, 3.63) is 0 Å². The van der Waals surface area contributed by atoms with Gasteiger partial charge in [0.25, 0.3) is 0 Å². The first kappa shape index (κ1) is 10.9. The van der Waals surface area contributed by atoms with Gasteiger partial charge >= 0.3 is 0 Å². The molecule has 2 nitrogen and oxygen atoms in total. The molecular formula is C9H21NO. The molecule has 0 aromatic heterocycles. The van der Waals surface area contributed by atoms with Crippen LogP contribution in [0.25, 0.3) is 0 Å². The van der Waals surface area contributed by atoms with Gasteiger partial charge in [-0.25, -0.2) is 0 Å². The zero-order valence-corrected chi connectivity index (χ0v) is 8.10. The average Bonchev–Trinajstić information content (AvgIpc) is 2.04. The van der Waals surface area contributed by atoms with Crippen LogP contribution in [0.5, 0.6) is 0 Å². The molecule has 0 aliphatic heterocycles. The van der Waals surface area contributed by atoms with E-state index in [1.54, 1.807) is 0 Å². The molecule has 0 unspecified atom stereocenters. The second kappa shape index (κ2) is 8.02. The van der Waals surface area contributed by atoms with Gasteiger partial charge in [-0.1, -0.05) is 20.3 Å². The average molecular weight is 159 g/mol. The fourth-order valence-electron chi connectivity index (χ4n) is 0.727. The number of hydrogen-bond donors (Lipinski definition) is 0. The van der Waals surface area contributed by atoms with Gasteiger partial charge < -0.3 is 9.64 Å². The summed E-state index contributed by atoms with van der Waals surface area (Å²) in [6.45, 7) is 8.31. The molecule has 0 fully saturated rings. The first-order chi connectivity index (χ1) is 5.31. The number of unbranched alkanes of at least 4 members (excludes halogenated alkanes) is 1. The monoisotopic (exact) mass is 159 g/mol. The highest BCUT2D eigenvalue weighted by molar-refractivity contribution is 4.44. The molecule has 0 rings (SSSR count). The van der Waals surface area contributed by atoms with Crippen LogP contribution in [0.1, 0.15) is 26.7 Å². The fraction of sp³-hybridized carbons (Fsp3) is 1.00. The number of rotatable bonds is 7. The van der Waals surface area contributed by atoms with Crippen LogP contribution in [-0.4, -0.2) is 38.3 Å². The summed E-state index contributed by atoms with van der Waals surface area (Å²) in [5.41, 5.74) is 0. The summed E-state index contributed by atoms with van der Waals surface area (Å²) in [6, 6.07) is 0. The smallest absolute Gasteiger partial charge is 0.0593 e. The Morgan fingerprint density at radius 3 is 2.45 bits per heavy atom. The van der Waals surface area contributed by atoms with Gasteiger partial charge in [0.05, 0.1) is 6.61 Å². The first-order valence-electron chi connectivity index (χ1n) is 4.57. The lowest BCUT2D eigenvalue weighted by atomic mass is 10.4. The van der Waals surface area contributed by atoms with Crippen molar-refractivity contribution in [2.24, 2.45) is 0 Å². The van der Waals surface area contributed by atoms with Gasteiger partial charge in [0, 0.05) is 13.2 Å². The molecular weight excluding hydrogens is 138 g/mol. The van der Waals surface area contributed by atoms with Crippen LogP contribution >= 0.6 is 0 Å². The molecule has 0 bridgehead atoms. The molecule has 0 amide bonds. The summed E-state index contributed by atoms with van der Waals surface area (Å²) in [7, 11) is 2.11. The van der Waals surface area contributed by atoms with Crippen molar-refractivity contribution in [1.82, 2.24) is 4.90 Å². The van der Waals surface area contributed by atoms with Gasteiger partial charge in [-0.2, -0.15) is 0 Å². The van der Waals surface area contributed by atoms with Gasteiger partial charge in [0.15, 0.2) is 0 Å². The molecule has 68 valence electrons. The van der Waals surface area contributed by atoms with E-state index in [1.165, 1.54) is 12.8 Å². The number of hydrogen-bond acceptors (Lipinski definition) is 2. The number of likely N-dealkylation sites (N-methyl/N-ethyl adjacent to an activating group) is 1. The zero-order valence-electron chi connectivity index (χ0n) is 8.10. The predicted octanol–water partition coefficient (Wildman–Crippen LogP) is 1.75. The Morgan fingerprint density at radius 1 is 1.18 bits per heavy atom. The van der Waals surface area contributed by atoms with E-state index in [-0.39, 0.29) is 0 Å². The Morgan fingerprint density at radius 2 is 1.91 bits per heavy atom. The van der Waals surface area contributed by atoms with Gasteiger partial charge in [-0.05, 0) is 20.0 Å². The zero-order chi connectivity index (χ0) is 8.53. The molecule has 0 heterocycles. The highest BCUT2D eigenvalue weighted by Crippen LogP contribution is 1.88. The molecule has 0 saturated carbocycles. The molecule has 0 spiro atoms. The minimum Gasteiger partial charge on any atom is -0.380 e. The van der Waals surface area contributed by atoms with E-state index in [1.807, 2.05) is 0 Å². The molecule has 2 heteroatoms. The summed E-state index contributed by atoms with van der Waals surface area (Å²) in [5, 5.41) is 0. The van der Waals surface area contributed by atoms with Crippen LogP contribution in [0.3, 0.4) is 0 Å². The normalized spacial score (nSPS) is 10.9. The van der Waals surface area contributed by atoms with Crippen LogP contribution in [-0.2, 0) is 4.74 Å². The largest absolute Gasteiger partial charge is 0.380 e. The van der Waals surface area contributed by atoms with Crippen molar-refractivity contribution in [2.45, 2.75) is 26.7 Å². The molecule has 0 aliphatic carbocycles. The Kier molecular flexibility index (Phi) is 7.96. The molecule has 0 atom stereocenters. The second-order valence-corrected chi connectivity index (χ2v) is 2.86. The summed E-state index contributed by atoms with van der Waals surface area (Å²) in [6.07, 6.45) is 2.42. The lowest BCUT2D eigenvalue weighted by molar-refractivity contribution is 0.110. The Balaban J connectivity index is 2.89. The van der Waals surface area contributed by atoms with Gasteiger partial charge in [-0.3, -0.25) is 0 Å². The van der Waals surface area contributed by atoms with Gasteiger partial charge in [0.2, 0.25) is 0 Å². The van der Waals surface area contributed by atoms with Crippen molar-refractivity contribution in [3.63, 3.8) is 0 Å². The third kappa shape index (κ3) is 7.82. The van der Waals surface area contributed by atoms with Gasteiger partial charge in [-0.15, -0.1) is 0 Å². The van der Waals surface area contributed by atoms with Crippen molar-refractivity contribution in [3.8, 4) is 0 Å².